The number of nitrogens with zero attached hydrogens (tertiary/aromatic N) is 3. The standard InChI is InChI=1S/C30H40N4O3/c1-5-7-18-33(19-8-6-2)20-9-21-34-29(23-12-16-25(37-4)17-13-23)26-27(31-32-28(26)30(34)35)22-10-14-24(36-3)15-11-22/h10-17,29H,5-9,18-21H2,1-4H3,(H,31,32)/t29-/m1/s1. The largest absolute Gasteiger partial charge is 0.497 e. The van der Waals surface area contributed by atoms with Crippen molar-refractivity contribution in [3.05, 3.63) is 65.4 Å². The average molecular weight is 505 g/mol. The van der Waals surface area contributed by atoms with Crippen molar-refractivity contribution in [2.45, 2.75) is 52.0 Å². The zero-order valence-corrected chi connectivity index (χ0v) is 22.6. The number of benzene rings is 2. The Bertz CT molecular complexity index is 1130. The van der Waals surface area contributed by atoms with Gasteiger partial charge in [-0.05, 0) is 80.9 Å². The average Bonchev–Trinajstić information content (AvgIpc) is 3.48. The summed E-state index contributed by atoms with van der Waals surface area (Å²) in [6.07, 6.45) is 5.75. The molecule has 3 aromatic rings. The van der Waals surface area contributed by atoms with Gasteiger partial charge in [0.1, 0.15) is 17.2 Å². The van der Waals surface area contributed by atoms with Gasteiger partial charge in [0, 0.05) is 17.7 Å². The number of hydrogen-bond acceptors (Lipinski definition) is 5. The minimum atomic E-state index is -0.205. The first-order valence-corrected chi connectivity index (χ1v) is 13.5. The van der Waals surface area contributed by atoms with E-state index >= 15 is 0 Å². The fourth-order valence-electron chi connectivity index (χ4n) is 5.09. The predicted molar refractivity (Wildman–Crippen MR) is 147 cm³/mol. The third kappa shape index (κ3) is 5.99. The molecule has 7 heteroatoms. The Labute approximate surface area is 220 Å². The van der Waals surface area contributed by atoms with E-state index in [2.05, 4.69) is 41.1 Å². The Morgan fingerprint density at radius 1 is 0.865 bits per heavy atom. The van der Waals surface area contributed by atoms with Gasteiger partial charge in [-0.3, -0.25) is 9.89 Å². The van der Waals surface area contributed by atoms with Crippen molar-refractivity contribution in [1.29, 1.82) is 0 Å². The summed E-state index contributed by atoms with van der Waals surface area (Å²) >= 11 is 0. The number of carbonyl (C=O) groups is 1. The fourth-order valence-corrected chi connectivity index (χ4v) is 5.09. The van der Waals surface area contributed by atoms with Crippen LogP contribution in [0.4, 0.5) is 0 Å². The number of nitrogens with one attached hydrogen (secondary N) is 1. The van der Waals surface area contributed by atoms with Crippen molar-refractivity contribution in [3.8, 4) is 22.8 Å². The molecule has 0 unspecified atom stereocenters. The molecular weight excluding hydrogens is 464 g/mol. The monoisotopic (exact) mass is 504 g/mol. The maximum atomic E-state index is 13.7. The van der Waals surface area contributed by atoms with Crippen LogP contribution in [-0.2, 0) is 0 Å². The molecule has 7 nitrogen and oxygen atoms in total. The van der Waals surface area contributed by atoms with E-state index in [1.807, 2.05) is 41.3 Å². The van der Waals surface area contributed by atoms with Crippen LogP contribution >= 0.6 is 0 Å². The molecule has 37 heavy (non-hydrogen) atoms. The van der Waals surface area contributed by atoms with E-state index in [1.54, 1.807) is 14.2 Å². The summed E-state index contributed by atoms with van der Waals surface area (Å²) in [6, 6.07) is 15.7. The summed E-state index contributed by atoms with van der Waals surface area (Å²) in [5.41, 5.74) is 4.34. The van der Waals surface area contributed by atoms with Crippen molar-refractivity contribution in [1.82, 2.24) is 20.0 Å². The molecule has 0 fully saturated rings. The Morgan fingerprint density at radius 3 is 2.00 bits per heavy atom. The van der Waals surface area contributed by atoms with Crippen molar-refractivity contribution in [2.75, 3.05) is 40.4 Å². The number of aromatic nitrogens is 2. The van der Waals surface area contributed by atoms with E-state index in [0.29, 0.717) is 12.2 Å². The van der Waals surface area contributed by atoms with Crippen LogP contribution in [0.1, 0.15) is 73.6 Å². The molecule has 1 amide bonds. The second kappa shape index (κ2) is 12.8. The molecule has 198 valence electrons. The van der Waals surface area contributed by atoms with E-state index in [9.17, 15) is 4.79 Å². The number of methoxy groups -OCH3 is 2. The Morgan fingerprint density at radius 2 is 1.43 bits per heavy atom. The lowest BCUT2D eigenvalue weighted by Crippen LogP contribution is -2.34. The number of amides is 1. The van der Waals surface area contributed by atoms with Crippen molar-refractivity contribution < 1.29 is 14.3 Å². The van der Waals surface area contributed by atoms with Gasteiger partial charge in [-0.1, -0.05) is 38.8 Å². The Balaban J connectivity index is 1.62. The second-order valence-corrected chi connectivity index (χ2v) is 9.67. The summed E-state index contributed by atoms with van der Waals surface area (Å²) in [4.78, 5) is 18.2. The van der Waals surface area contributed by atoms with Crippen molar-refractivity contribution >= 4 is 5.91 Å². The highest BCUT2D eigenvalue weighted by molar-refractivity contribution is 6.00. The van der Waals surface area contributed by atoms with Gasteiger partial charge < -0.3 is 19.3 Å². The normalized spacial score (nSPS) is 14.9. The van der Waals surface area contributed by atoms with E-state index in [1.165, 1.54) is 25.7 Å². The number of rotatable bonds is 14. The van der Waals surface area contributed by atoms with Crippen molar-refractivity contribution in [2.24, 2.45) is 0 Å². The van der Waals surface area contributed by atoms with Crippen LogP contribution < -0.4 is 9.47 Å². The first-order valence-electron chi connectivity index (χ1n) is 13.5. The highest BCUT2D eigenvalue weighted by atomic mass is 16.5. The molecular formula is C30H40N4O3. The molecule has 1 aromatic heterocycles. The molecule has 1 aliphatic rings. The van der Waals surface area contributed by atoms with E-state index in [4.69, 9.17) is 9.47 Å². The minimum absolute atomic E-state index is 0.0109. The summed E-state index contributed by atoms with van der Waals surface area (Å²) in [6.45, 7) is 8.41. The van der Waals surface area contributed by atoms with Gasteiger partial charge >= 0.3 is 0 Å². The van der Waals surface area contributed by atoms with Crippen LogP contribution in [0.25, 0.3) is 11.3 Å². The second-order valence-electron chi connectivity index (χ2n) is 9.67. The van der Waals surface area contributed by atoms with Gasteiger partial charge in [-0.25, -0.2) is 0 Å². The van der Waals surface area contributed by atoms with Gasteiger partial charge in [0.15, 0.2) is 0 Å². The molecule has 0 radical (unpaired) electrons. The molecule has 4 rings (SSSR count). The van der Waals surface area contributed by atoms with Crippen LogP contribution in [0.15, 0.2) is 48.5 Å². The molecule has 2 heterocycles. The van der Waals surface area contributed by atoms with Crippen LogP contribution in [0.5, 0.6) is 11.5 Å². The maximum Gasteiger partial charge on any atom is 0.273 e. The topological polar surface area (TPSA) is 70.7 Å². The molecule has 1 aliphatic heterocycles. The predicted octanol–water partition coefficient (Wildman–Crippen LogP) is 5.93. The smallest absolute Gasteiger partial charge is 0.273 e. The Hall–Kier alpha value is -3.32. The Kier molecular flexibility index (Phi) is 9.23. The lowest BCUT2D eigenvalue weighted by Gasteiger charge is -2.28. The molecule has 2 aromatic carbocycles. The third-order valence-electron chi connectivity index (χ3n) is 7.19. The van der Waals surface area contributed by atoms with Gasteiger partial charge in [-0.2, -0.15) is 5.10 Å². The van der Waals surface area contributed by atoms with Crippen LogP contribution in [0.2, 0.25) is 0 Å². The number of H-pyrrole nitrogens is 1. The summed E-state index contributed by atoms with van der Waals surface area (Å²) < 4.78 is 10.7. The lowest BCUT2D eigenvalue weighted by atomic mass is 9.96. The first-order chi connectivity index (χ1) is 18.1. The molecule has 0 bridgehead atoms. The molecule has 1 N–H and O–H groups in total. The number of ether oxygens (including phenoxy) is 2. The van der Waals surface area contributed by atoms with Gasteiger partial charge in [-0.15, -0.1) is 0 Å². The first kappa shape index (κ1) is 26.7. The van der Waals surface area contributed by atoms with Gasteiger partial charge in [0.25, 0.3) is 5.91 Å². The van der Waals surface area contributed by atoms with E-state index < -0.39 is 0 Å². The maximum absolute atomic E-state index is 13.7. The van der Waals surface area contributed by atoms with Crippen molar-refractivity contribution in [3.63, 3.8) is 0 Å². The summed E-state index contributed by atoms with van der Waals surface area (Å²) in [5.74, 6) is 1.60. The molecule has 1 atom stereocenters. The zero-order valence-electron chi connectivity index (χ0n) is 22.6. The van der Waals surface area contributed by atoms with E-state index in [-0.39, 0.29) is 11.9 Å². The molecule has 0 spiro atoms. The number of hydrogen-bond donors (Lipinski definition) is 1. The highest BCUT2D eigenvalue weighted by Crippen LogP contribution is 2.43. The fraction of sp³-hybridized carbons (Fsp3) is 0.467. The lowest BCUT2D eigenvalue weighted by molar-refractivity contribution is 0.0734. The quantitative estimate of drug-likeness (QED) is 0.295. The minimum Gasteiger partial charge on any atom is -0.497 e. The number of aromatic amines is 1. The van der Waals surface area contributed by atoms with Gasteiger partial charge in [0.05, 0.1) is 26.0 Å². The van der Waals surface area contributed by atoms with Crippen LogP contribution in [0.3, 0.4) is 0 Å². The zero-order chi connectivity index (χ0) is 26.2. The van der Waals surface area contributed by atoms with Crippen LogP contribution in [-0.4, -0.2) is 66.3 Å². The summed E-state index contributed by atoms with van der Waals surface area (Å²) in [5, 5.41) is 7.65. The summed E-state index contributed by atoms with van der Waals surface area (Å²) in [7, 11) is 3.32. The third-order valence-corrected chi connectivity index (χ3v) is 7.19. The van der Waals surface area contributed by atoms with Crippen LogP contribution in [0, 0.1) is 0 Å². The highest BCUT2D eigenvalue weighted by Gasteiger charge is 2.41. The van der Waals surface area contributed by atoms with Gasteiger partial charge in [0.2, 0.25) is 0 Å². The molecule has 0 aliphatic carbocycles. The number of fused-ring (bicyclic) bond motifs is 1. The number of carbonyl (C=O) groups excluding carboxylic acids is 1. The molecule has 0 saturated carbocycles. The number of unbranched alkanes of at least 4 members (excludes halogenated alkanes) is 2. The van der Waals surface area contributed by atoms with E-state index in [0.717, 1.165) is 59.9 Å². The molecule has 0 saturated heterocycles. The SMILES string of the molecule is CCCCN(CCCC)CCCN1C(=O)c2[nH]nc(-c3ccc(OC)cc3)c2[C@H]1c1ccc(OC)cc1.